The van der Waals surface area contributed by atoms with Gasteiger partial charge in [0.2, 0.25) is 0 Å². The maximum absolute atomic E-state index is 5.25. The zero-order valence-corrected chi connectivity index (χ0v) is 8.95. The molecule has 0 aliphatic carbocycles. The molecule has 1 rings (SSSR count). The largest absolute Gasteiger partial charge is 0.292 e. The van der Waals surface area contributed by atoms with E-state index in [2.05, 4.69) is 13.0 Å². The minimum absolute atomic E-state index is 0. The molecule has 0 aliphatic heterocycles. The van der Waals surface area contributed by atoms with Gasteiger partial charge in [0, 0.05) is 32.7 Å². The summed E-state index contributed by atoms with van der Waals surface area (Å²) < 4.78 is 0. The Bertz CT molecular complexity index is 191. The van der Waals surface area contributed by atoms with Crippen LogP contribution in [0.2, 0.25) is 0 Å². The fourth-order valence-electron chi connectivity index (χ4n) is 0.543. The molecule has 0 N–H and O–H groups in total. The smallest absolute Gasteiger partial charge is 0 e. The molecule has 0 saturated carbocycles. The van der Waals surface area contributed by atoms with Gasteiger partial charge in [0.15, 0.2) is 0 Å². The molecule has 0 nitrogen and oxygen atoms in total. The van der Waals surface area contributed by atoms with Crippen LogP contribution in [0.3, 0.4) is 0 Å². The van der Waals surface area contributed by atoms with Crippen LogP contribution >= 0.6 is 11.3 Å². The van der Waals surface area contributed by atoms with E-state index in [-0.39, 0.29) is 32.7 Å². The molecule has 0 atom stereocenters. The summed E-state index contributed by atoms with van der Waals surface area (Å²) in [6.45, 7) is 7.32. The Kier molecular flexibility index (Phi) is 4.64. The first-order chi connectivity index (χ1) is 3.83. The predicted molar refractivity (Wildman–Crippen MR) is 37.8 cm³/mol. The molecule has 2 heteroatoms. The third kappa shape index (κ3) is 2.75. The molecule has 9 heavy (non-hydrogen) atoms. The Hall–Kier alpha value is 0.544. The first-order valence-corrected chi connectivity index (χ1v) is 3.26. The van der Waals surface area contributed by atoms with Crippen molar-refractivity contribution in [2.45, 2.75) is 6.92 Å². The van der Waals surface area contributed by atoms with Gasteiger partial charge in [-0.25, -0.2) is 17.4 Å². The van der Waals surface area contributed by atoms with Crippen LogP contribution in [0.1, 0.15) is 9.75 Å². The minimum atomic E-state index is 0. The monoisotopic (exact) mass is 212 g/mol. The molecule has 0 aliphatic rings. The van der Waals surface area contributed by atoms with Crippen molar-refractivity contribution < 1.29 is 32.7 Å². The van der Waals surface area contributed by atoms with E-state index in [1.807, 2.05) is 6.07 Å². The summed E-state index contributed by atoms with van der Waals surface area (Å²) in [7, 11) is 0. The van der Waals surface area contributed by atoms with Crippen LogP contribution in [0.15, 0.2) is 12.1 Å². The van der Waals surface area contributed by atoms with Crippen LogP contribution in [0, 0.1) is 13.5 Å². The van der Waals surface area contributed by atoms with E-state index in [0.29, 0.717) is 0 Å². The molecule has 0 saturated heterocycles. The van der Waals surface area contributed by atoms with E-state index in [9.17, 15) is 0 Å². The third-order valence-corrected chi connectivity index (χ3v) is 1.89. The predicted octanol–water partition coefficient (Wildman–Crippen LogP) is 2.50. The van der Waals surface area contributed by atoms with Gasteiger partial charge in [-0.2, -0.15) is 0 Å². The van der Waals surface area contributed by atoms with E-state index in [4.69, 9.17) is 6.58 Å². The average Bonchev–Trinajstić information content (AvgIpc) is 2.14. The second-order valence-corrected chi connectivity index (χ2v) is 2.93. The fraction of sp³-hybridized carbons (Fsp3) is 0.143. The molecule has 1 radical (unpaired) electrons. The molecular weight excluding hydrogens is 205 g/mol. The first kappa shape index (κ1) is 9.54. The van der Waals surface area contributed by atoms with Gasteiger partial charge < -0.3 is 0 Å². The summed E-state index contributed by atoms with van der Waals surface area (Å²) >= 11 is 1.71. The molecular formula is C7H7SY-. The van der Waals surface area contributed by atoms with Crippen molar-refractivity contribution in [1.29, 1.82) is 0 Å². The minimum Gasteiger partial charge on any atom is -0.292 e. The Morgan fingerprint density at radius 3 is 2.44 bits per heavy atom. The van der Waals surface area contributed by atoms with Gasteiger partial charge in [-0.1, -0.05) is 6.07 Å². The fourth-order valence-corrected chi connectivity index (χ4v) is 1.25. The summed E-state index contributed by atoms with van der Waals surface area (Å²) in [6.07, 6.45) is 1.62. The molecule has 0 bridgehead atoms. The van der Waals surface area contributed by atoms with Crippen molar-refractivity contribution in [2.75, 3.05) is 0 Å². The Morgan fingerprint density at radius 2 is 2.22 bits per heavy atom. The van der Waals surface area contributed by atoms with Crippen molar-refractivity contribution in [3.63, 3.8) is 0 Å². The van der Waals surface area contributed by atoms with Crippen LogP contribution in [0.4, 0.5) is 0 Å². The van der Waals surface area contributed by atoms with Gasteiger partial charge in [0.25, 0.3) is 0 Å². The zero-order chi connectivity index (χ0) is 5.98. The zero-order valence-electron chi connectivity index (χ0n) is 5.29. The number of aryl methyl sites for hydroxylation is 1. The van der Waals surface area contributed by atoms with E-state index in [0.717, 1.165) is 4.88 Å². The molecule has 1 heterocycles. The Balaban J connectivity index is 0.000000640. The Labute approximate surface area is 84.9 Å². The molecule has 0 spiro atoms. The van der Waals surface area contributed by atoms with Crippen LogP contribution in [0.5, 0.6) is 0 Å². The molecule has 45 valence electrons. The van der Waals surface area contributed by atoms with Crippen LogP contribution in [-0.4, -0.2) is 0 Å². The number of rotatable bonds is 1. The molecule has 0 unspecified atom stereocenters. The summed E-state index contributed by atoms with van der Waals surface area (Å²) in [4.78, 5) is 2.45. The molecule has 1 aromatic rings. The maximum atomic E-state index is 5.25. The van der Waals surface area contributed by atoms with E-state index < -0.39 is 0 Å². The van der Waals surface area contributed by atoms with Crippen LogP contribution in [0.25, 0.3) is 6.08 Å². The van der Waals surface area contributed by atoms with Crippen molar-refractivity contribution in [2.24, 2.45) is 0 Å². The van der Waals surface area contributed by atoms with Gasteiger partial charge >= 0.3 is 0 Å². The van der Waals surface area contributed by atoms with Crippen molar-refractivity contribution in [3.8, 4) is 0 Å². The maximum Gasteiger partial charge on any atom is 0 e. The topological polar surface area (TPSA) is 0 Å². The summed E-state index contributed by atoms with van der Waals surface area (Å²) in [5, 5.41) is 0. The van der Waals surface area contributed by atoms with Gasteiger partial charge in [-0.05, 0) is 11.8 Å². The number of hydrogen-bond acceptors (Lipinski definition) is 1. The standard InChI is InChI=1S/C7H7S.Y/c1-3-7-5-4-6(2)8-7;/h1,3-5H,2H3;/q-1;. The van der Waals surface area contributed by atoms with Crippen molar-refractivity contribution in [3.05, 3.63) is 28.5 Å². The summed E-state index contributed by atoms with van der Waals surface area (Å²) in [5.74, 6) is 0. The molecule has 0 amide bonds. The van der Waals surface area contributed by atoms with E-state index >= 15 is 0 Å². The number of thiophene rings is 1. The average molecular weight is 212 g/mol. The summed E-state index contributed by atoms with van der Waals surface area (Å²) in [6, 6.07) is 4.07. The second kappa shape index (κ2) is 4.37. The molecule has 0 aromatic carbocycles. The van der Waals surface area contributed by atoms with Crippen molar-refractivity contribution >= 4 is 17.4 Å². The normalized spacial score (nSPS) is 8.11. The second-order valence-electron chi connectivity index (χ2n) is 1.62. The van der Waals surface area contributed by atoms with Crippen molar-refractivity contribution in [1.82, 2.24) is 0 Å². The van der Waals surface area contributed by atoms with Crippen LogP contribution < -0.4 is 0 Å². The van der Waals surface area contributed by atoms with Gasteiger partial charge in [-0.3, -0.25) is 6.58 Å². The van der Waals surface area contributed by atoms with Gasteiger partial charge in [0.1, 0.15) is 0 Å². The Morgan fingerprint density at radius 1 is 1.56 bits per heavy atom. The van der Waals surface area contributed by atoms with Gasteiger partial charge in [0.05, 0.1) is 0 Å². The third-order valence-electron chi connectivity index (χ3n) is 0.925. The molecule has 1 aromatic heterocycles. The first-order valence-electron chi connectivity index (χ1n) is 2.44. The van der Waals surface area contributed by atoms with Gasteiger partial charge in [-0.15, -0.1) is 10.9 Å². The SMILES string of the molecule is [CH-]=Cc1ccc(C)s1.[Y]. The number of hydrogen-bond donors (Lipinski definition) is 0. The quantitative estimate of drug-likeness (QED) is 0.627. The summed E-state index contributed by atoms with van der Waals surface area (Å²) in [5.41, 5.74) is 0. The van der Waals surface area contributed by atoms with E-state index in [1.54, 1.807) is 17.4 Å². The van der Waals surface area contributed by atoms with Crippen LogP contribution in [-0.2, 0) is 32.7 Å². The van der Waals surface area contributed by atoms with E-state index in [1.165, 1.54) is 4.88 Å². The molecule has 0 fully saturated rings.